The van der Waals surface area contributed by atoms with Gasteiger partial charge in [-0.2, -0.15) is 0 Å². The average Bonchev–Trinajstić information content (AvgIpc) is 2.75. The molecule has 2 nitrogen and oxygen atoms in total. The van der Waals surface area contributed by atoms with Crippen molar-refractivity contribution in [1.82, 2.24) is 9.97 Å². The first-order chi connectivity index (χ1) is 8.76. The van der Waals surface area contributed by atoms with Crippen LogP contribution in [0.1, 0.15) is 57.4 Å². The number of hydrogen-bond acceptors (Lipinski definition) is 1. The minimum absolute atomic E-state index is 0.640. The second kappa shape index (κ2) is 6.19. The molecule has 3 heteroatoms. The first-order valence-corrected chi connectivity index (χ1v) is 7.38. The third-order valence-electron chi connectivity index (χ3n) is 3.67. The van der Waals surface area contributed by atoms with Crippen molar-refractivity contribution in [3.05, 3.63) is 28.5 Å². The lowest BCUT2D eigenvalue weighted by molar-refractivity contribution is 0.555. The van der Waals surface area contributed by atoms with E-state index in [1.165, 1.54) is 43.2 Å². The normalized spacial score (nSPS) is 13.0. The number of nitrogens with one attached hydrogen (secondary N) is 2. The van der Waals surface area contributed by atoms with Gasteiger partial charge in [-0.1, -0.05) is 45.2 Å². The summed E-state index contributed by atoms with van der Waals surface area (Å²) in [5.74, 6) is 0.640. The molecule has 0 aliphatic carbocycles. The Kier molecular flexibility index (Phi) is 4.59. The van der Waals surface area contributed by atoms with Crippen LogP contribution in [0.4, 0.5) is 0 Å². The van der Waals surface area contributed by atoms with Crippen LogP contribution in [0.15, 0.2) is 18.2 Å². The first kappa shape index (κ1) is 13.3. The summed E-state index contributed by atoms with van der Waals surface area (Å²) < 4.78 is 0.723. The molecular formula is C15H22N2S. The van der Waals surface area contributed by atoms with Crippen molar-refractivity contribution in [3.8, 4) is 0 Å². The molecule has 0 fully saturated rings. The van der Waals surface area contributed by atoms with Crippen molar-refractivity contribution in [3.63, 3.8) is 0 Å². The van der Waals surface area contributed by atoms with Crippen molar-refractivity contribution in [2.45, 2.75) is 51.9 Å². The highest BCUT2D eigenvalue weighted by Crippen LogP contribution is 2.30. The SMILES string of the molecule is CCCCCC(CC)c1cccc2[nH]c(=S)[nH]c12. The lowest BCUT2D eigenvalue weighted by Crippen LogP contribution is -1.98. The number of H-pyrrole nitrogens is 2. The Bertz CT molecular complexity index is 553. The van der Waals surface area contributed by atoms with Crippen molar-refractivity contribution < 1.29 is 0 Å². The zero-order chi connectivity index (χ0) is 13.0. The standard InChI is InChI=1S/C15H22N2S/c1-3-5-6-8-11(4-2)12-9-7-10-13-14(12)17-15(18)16-13/h7,9-11H,3-6,8H2,1-2H3,(H2,16,17,18). The van der Waals surface area contributed by atoms with Gasteiger partial charge >= 0.3 is 0 Å². The molecule has 0 bridgehead atoms. The molecule has 2 aromatic rings. The Hall–Kier alpha value is -1.09. The summed E-state index contributed by atoms with van der Waals surface area (Å²) >= 11 is 5.19. The van der Waals surface area contributed by atoms with Crippen LogP contribution < -0.4 is 0 Å². The van der Waals surface area contributed by atoms with E-state index >= 15 is 0 Å². The van der Waals surface area contributed by atoms with E-state index in [4.69, 9.17) is 12.2 Å². The molecule has 1 aromatic heterocycles. The fourth-order valence-electron chi connectivity index (χ4n) is 2.64. The number of para-hydroxylation sites is 1. The summed E-state index contributed by atoms with van der Waals surface area (Å²) in [7, 11) is 0. The van der Waals surface area contributed by atoms with Gasteiger partial charge in [0.15, 0.2) is 4.77 Å². The topological polar surface area (TPSA) is 31.6 Å². The van der Waals surface area contributed by atoms with E-state index in [1.807, 2.05) is 0 Å². The number of rotatable bonds is 6. The van der Waals surface area contributed by atoms with Crippen LogP contribution in [0.25, 0.3) is 11.0 Å². The fraction of sp³-hybridized carbons (Fsp3) is 0.533. The zero-order valence-corrected chi connectivity index (χ0v) is 12.1. The molecule has 1 aromatic carbocycles. The van der Waals surface area contributed by atoms with Crippen LogP contribution >= 0.6 is 12.2 Å². The number of imidazole rings is 1. The quantitative estimate of drug-likeness (QED) is 0.537. The minimum atomic E-state index is 0.640. The van der Waals surface area contributed by atoms with E-state index < -0.39 is 0 Å². The molecule has 0 aliphatic heterocycles. The van der Waals surface area contributed by atoms with E-state index in [9.17, 15) is 0 Å². The molecule has 18 heavy (non-hydrogen) atoms. The molecule has 0 radical (unpaired) electrons. The Balaban J connectivity index is 2.29. The number of aromatic amines is 2. The van der Waals surface area contributed by atoms with Gasteiger partial charge in [0.1, 0.15) is 0 Å². The monoisotopic (exact) mass is 262 g/mol. The van der Waals surface area contributed by atoms with E-state index in [1.54, 1.807) is 0 Å². The predicted molar refractivity (Wildman–Crippen MR) is 80.7 cm³/mol. The molecule has 2 rings (SSSR count). The molecule has 98 valence electrons. The van der Waals surface area contributed by atoms with Crippen LogP contribution in [-0.2, 0) is 0 Å². The number of unbranched alkanes of at least 4 members (excludes halogenated alkanes) is 2. The summed E-state index contributed by atoms with van der Waals surface area (Å²) in [6.45, 7) is 4.53. The molecule has 0 aliphatic rings. The molecule has 1 atom stereocenters. The van der Waals surface area contributed by atoms with Crippen molar-refractivity contribution in [2.75, 3.05) is 0 Å². The van der Waals surface area contributed by atoms with Gasteiger partial charge in [0.05, 0.1) is 11.0 Å². The Morgan fingerprint density at radius 2 is 2.00 bits per heavy atom. The first-order valence-electron chi connectivity index (χ1n) is 6.97. The van der Waals surface area contributed by atoms with Gasteiger partial charge < -0.3 is 9.97 Å². The van der Waals surface area contributed by atoms with Gasteiger partial charge in [0, 0.05) is 0 Å². The second-order valence-corrected chi connectivity index (χ2v) is 5.36. The van der Waals surface area contributed by atoms with Gasteiger partial charge in [-0.05, 0) is 42.6 Å². The summed E-state index contributed by atoms with van der Waals surface area (Å²) in [6, 6.07) is 6.45. The van der Waals surface area contributed by atoms with Gasteiger partial charge in [-0.3, -0.25) is 0 Å². The molecule has 0 amide bonds. The smallest absolute Gasteiger partial charge is 0.175 e. The average molecular weight is 262 g/mol. The van der Waals surface area contributed by atoms with Crippen LogP contribution in [0.5, 0.6) is 0 Å². The van der Waals surface area contributed by atoms with Crippen LogP contribution in [0, 0.1) is 4.77 Å². The highest BCUT2D eigenvalue weighted by Gasteiger charge is 2.13. The van der Waals surface area contributed by atoms with E-state index in [0.717, 1.165) is 10.3 Å². The highest BCUT2D eigenvalue weighted by atomic mass is 32.1. The Morgan fingerprint density at radius 1 is 1.17 bits per heavy atom. The number of aromatic nitrogens is 2. The Morgan fingerprint density at radius 3 is 2.72 bits per heavy atom. The maximum atomic E-state index is 5.19. The van der Waals surface area contributed by atoms with Gasteiger partial charge in [0.25, 0.3) is 0 Å². The molecular weight excluding hydrogens is 240 g/mol. The molecule has 1 unspecified atom stereocenters. The molecule has 0 saturated heterocycles. The van der Waals surface area contributed by atoms with Crippen LogP contribution in [-0.4, -0.2) is 9.97 Å². The van der Waals surface area contributed by atoms with E-state index in [0.29, 0.717) is 5.92 Å². The number of fused-ring (bicyclic) bond motifs is 1. The maximum Gasteiger partial charge on any atom is 0.175 e. The minimum Gasteiger partial charge on any atom is -0.331 e. The largest absolute Gasteiger partial charge is 0.331 e. The third-order valence-corrected chi connectivity index (χ3v) is 3.88. The summed E-state index contributed by atoms with van der Waals surface area (Å²) in [4.78, 5) is 6.50. The lowest BCUT2D eigenvalue weighted by Gasteiger charge is -2.15. The molecule has 0 saturated carbocycles. The molecule has 2 N–H and O–H groups in total. The van der Waals surface area contributed by atoms with Crippen molar-refractivity contribution in [1.29, 1.82) is 0 Å². The van der Waals surface area contributed by atoms with E-state index in [-0.39, 0.29) is 0 Å². The fourth-order valence-corrected chi connectivity index (χ4v) is 2.85. The van der Waals surface area contributed by atoms with Crippen molar-refractivity contribution in [2.24, 2.45) is 0 Å². The van der Waals surface area contributed by atoms with E-state index in [2.05, 4.69) is 42.0 Å². The predicted octanol–water partition coefficient (Wildman–Crippen LogP) is 5.30. The molecule has 1 heterocycles. The molecule has 0 spiro atoms. The number of benzene rings is 1. The zero-order valence-electron chi connectivity index (χ0n) is 11.3. The summed E-state index contributed by atoms with van der Waals surface area (Å²) in [5, 5.41) is 0. The lowest BCUT2D eigenvalue weighted by atomic mass is 9.90. The summed E-state index contributed by atoms with van der Waals surface area (Å²) in [5.41, 5.74) is 3.75. The van der Waals surface area contributed by atoms with Gasteiger partial charge in [0.2, 0.25) is 0 Å². The van der Waals surface area contributed by atoms with Gasteiger partial charge in [-0.15, -0.1) is 0 Å². The highest BCUT2D eigenvalue weighted by molar-refractivity contribution is 7.71. The van der Waals surface area contributed by atoms with Crippen LogP contribution in [0.2, 0.25) is 0 Å². The van der Waals surface area contributed by atoms with Gasteiger partial charge in [-0.25, -0.2) is 0 Å². The maximum absolute atomic E-state index is 5.19. The second-order valence-electron chi connectivity index (χ2n) is 4.95. The number of hydrogen-bond donors (Lipinski definition) is 2. The van der Waals surface area contributed by atoms with Crippen LogP contribution in [0.3, 0.4) is 0 Å². The van der Waals surface area contributed by atoms with Crippen molar-refractivity contribution >= 4 is 23.3 Å². The Labute approximate surface area is 114 Å². The summed E-state index contributed by atoms with van der Waals surface area (Å²) in [6.07, 6.45) is 6.39. The third kappa shape index (κ3) is 2.83.